The van der Waals surface area contributed by atoms with Crippen LogP contribution in [0.1, 0.15) is 155 Å². The number of carbonyl (C=O) groups excluding carboxylic acids is 1. The van der Waals surface area contributed by atoms with Gasteiger partial charge in [-0.1, -0.05) is 141 Å². The number of allylic oxidation sites excluding steroid dienone is 3. The monoisotopic (exact) mass is 507 g/mol. The normalized spacial score (nSPS) is 13.6. The number of nitrogens with one attached hydrogen (secondary N) is 1. The van der Waals surface area contributed by atoms with Crippen LogP contribution in [0.15, 0.2) is 24.3 Å². The highest BCUT2D eigenvalue weighted by atomic mass is 16.3. The van der Waals surface area contributed by atoms with Crippen molar-refractivity contribution in [2.24, 2.45) is 0 Å². The summed E-state index contributed by atoms with van der Waals surface area (Å²) in [7, 11) is 0. The van der Waals surface area contributed by atoms with Crippen molar-refractivity contribution in [3.8, 4) is 0 Å². The van der Waals surface area contributed by atoms with Crippen molar-refractivity contribution < 1.29 is 15.0 Å². The molecule has 0 fully saturated rings. The van der Waals surface area contributed by atoms with Crippen molar-refractivity contribution in [2.45, 2.75) is 167 Å². The molecule has 0 aromatic rings. The van der Waals surface area contributed by atoms with Gasteiger partial charge in [0.1, 0.15) is 0 Å². The van der Waals surface area contributed by atoms with E-state index < -0.39 is 12.1 Å². The summed E-state index contributed by atoms with van der Waals surface area (Å²) in [5, 5.41) is 22.7. The molecule has 4 heteroatoms. The summed E-state index contributed by atoms with van der Waals surface area (Å²) in [6, 6.07) is -0.630. The highest BCUT2D eigenvalue weighted by molar-refractivity contribution is 5.76. The summed E-state index contributed by atoms with van der Waals surface area (Å²) in [5.74, 6) is -0.0774. The fourth-order valence-corrected chi connectivity index (χ4v) is 4.48. The average Bonchev–Trinajstić information content (AvgIpc) is 2.88. The molecule has 0 heterocycles. The molecule has 3 N–H and O–H groups in total. The van der Waals surface area contributed by atoms with Crippen LogP contribution < -0.4 is 5.32 Å². The third-order valence-electron chi connectivity index (χ3n) is 6.94. The summed E-state index contributed by atoms with van der Waals surface area (Å²) in [6.07, 6.45) is 33.9. The molecule has 0 spiro atoms. The fourth-order valence-electron chi connectivity index (χ4n) is 4.48. The molecule has 2 atom stereocenters. The van der Waals surface area contributed by atoms with Crippen LogP contribution >= 0.6 is 0 Å². The number of unbranched alkanes of at least 4 members (excludes halogenated alkanes) is 18. The number of aliphatic hydroxyl groups excluding tert-OH is 2. The van der Waals surface area contributed by atoms with Gasteiger partial charge in [-0.15, -0.1) is 0 Å². The lowest BCUT2D eigenvalue weighted by Gasteiger charge is -2.19. The van der Waals surface area contributed by atoms with Gasteiger partial charge in [-0.25, -0.2) is 0 Å². The van der Waals surface area contributed by atoms with Crippen molar-refractivity contribution in [2.75, 3.05) is 6.61 Å². The van der Waals surface area contributed by atoms with E-state index in [0.29, 0.717) is 6.42 Å². The Morgan fingerprint density at radius 3 is 1.61 bits per heavy atom. The van der Waals surface area contributed by atoms with Crippen LogP contribution in [0, 0.1) is 0 Å². The van der Waals surface area contributed by atoms with E-state index in [4.69, 9.17) is 0 Å². The van der Waals surface area contributed by atoms with Crippen LogP contribution in [0.5, 0.6) is 0 Å². The lowest BCUT2D eigenvalue weighted by atomic mass is 10.0. The minimum absolute atomic E-state index is 0.0774. The minimum atomic E-state index is -0.853. The maximum Gasteiger partial charge on any atom is 0.220 e. The third-order valence-corrected chi connectivity index (χ3v) is 6.94. The Labute approximate surface area is 224 Å². The highest BCUT2D eigenvalue weighted by Crippen LogP contribution is 2.13. The molecule has 0 radical (unpaired) electrons. The number of rotatable bonds is 27. The molecular weight excluding hydrogens is 446 g/mol. The first-order chi connectivity index (χ1) is 17.7. The van der Waals surface area contributed by atoms with Gasteiger partial charge in [0.05, 0.1) is 18.8 Å². The van der Waals surface area contributed by atoms with Crippen LogP contribution in [-0.4, -0.2) is 34.9 Å². The summed E-state index contributed by atoms with van der Waals surface area (Å²) >= 11 is 0. The Bertz CT molecular complexity index is 518. The van der Waals surface area contributed by atoms with Gasteiger partial charge in [0, 0.05) is 6.42 Å². The van der Waals surface area contributed by atoms with E-state index in [2.05, 4.69) is 31.3 Å². The third kappa shape index (κ3) is 24.6. The van der Waals surface area contributed by atoms with Crippen LogP contribution in [0.2, 0.25) is 0 Å². The predicted molar refractivity (Wildman–Crippen MR) is 156 cm³/mol. The van der Waals surface area contributed by atoms with Gasteiger partial charge < -0.3 is 15.5 Å². The number of amides is 1. The van der Waals surface area contributed by atoms with Crippen molar-refractivity contribution in [1.29, 1.82) is 0 Å². The van der Waals surface area contributed by atoms with E-state index in [1.165, 1.54) is 103 Å². The number of hydrogen-bond acceptors (Lipinski definition) is 3. The molecule has 0 rings (SSSR count). The molecule has 212 valence electrons. The number of carbonyl (C=O) groups is 1. The van der Waals surface area contributed by atoms with E-state index >= 15 is 0 Å². The first-order valence-corrected chi connectivity index (χ1v) is 15.6. The second-order valence-electron chi connectivity index (χ2n) is 10.5. The van der Waals surface area contributed by atoms with Crippen LogP contribution in [0.4, 0.5) is 0 Å². The quantitative estimate of drug-likeness (QED) is 0.0770. The lowest BCUT2D eigenvalue weighted by Crippen LogP contribution is -2.45. The molecule has 1 amide bonds. The average molecular weight is 508 g/mol. The fraction of sp³-hybridized carbons (Fsp3) is 0.844. The van der Waals surface area contributed by atoms with Gasteiger partial charge in [-0.05, 0) is 32.1 Å². The van der Waals surface area contributed by atoms with E-state index in [0.717, 1.165) is 32.1 Å². The Morgan fingerprint density at radius 2 is 1.08 bits per heavy atom. The van der Waals surface area contributed by atoms with Crippen LogP contribution in [0.25, 0.3) is 0 Å². The Morgan fingerprint density at radius 1 is 0.639 bits per heavy atom. The second kappa shape index (κ2) is 28.4. The van der Waals surface area contributed by atoms with E-state index in [1.54, 1.807) is 6.08 Å². The van der Waals surface area contributed by atoms with Crippen LogP contribution in [0.3, 0.4) is 0 Å². The van der Waals surface area contributed by atoms with Gasteiger partial charge in [0.25, 0.3) is 0 Å². The molecule has 0 aliphatic rings. The highest BCUT2D eigenvalue weighted by Gasteiger charge is 2.17. The zero-order valence-electron chi connectivity index (χ0n) is 24.0. The van der Waals surface area contributed by atoms with Gasteiger partial charge in [0.2, 0.25) is 5.91 Å². The molecule has 36 heavy (non-hydrogen) atoms. The topological polar surface area (TPSA) is 69.6 Å². The van der Waals surface area contributed by atoms with Crippen molar-refractivity contribution in [3.63, 3.8) is 0 Å². The van der Waals surface area contributed by atoms with Crippen molar-refractivity contribution in [1.82, 2.24) is 5.32 Å². The van der Waals surface area contributed by atoms with E-state index in [9.17, 15) is 15.0 Å². The molecule has 0 aromatic heterocycles. The molecule has 0 bridgehead atoms. The molecule has 0 saturated carbocycles. The number of aliphatic hydroxyl groups is 2. The van der Waals surface area contributed by atoms with Crippen molar-refractivity contribution >= 4 is 5.91 Å². The van der Waals surface area contributed by atoms with Gasteiger partial charge in [-0.2, -0.15) is 0 Å². The Kier molecular flexibility index (Phi) is 27.5. The maximum atomic E-state index is 12.2. The largest absolute Gasteiger partial charge is 0.394 e. The van der Waals surface area contributed by atoms with Gasteiger partial charge in [-0.3, -0.25) is 4.79 Å². The SMILES string of the molecule is CCCCCC/C=C/CC/C=C/C(O)C(CO)NC(=O)CCCCCCCCCCCCCCCC. The van der Waals surface area contributed by atoms with E-state index in [-0.39, 0.29) is 12.5 Å². The smallest absolute Gasteiger partial charge is 0.220 e. The van der Waals surface area contributed by atoms with Gasteiger partial charge in [0.15, 0.2) is 0 Å². The minimum Gasteiger partial charge on any atom is -0.394 e. The lowest BCUT2D eigenvalue weighted by molar-refractivity contribution is -0.123. The standard InChI is InChI=1S/C32H61NO3/c1-3-5-7-9-11-13-15-16-17-18-20-22-24-26-28-32(36)33-30(29-34)31(35)27-25-23-21-19-14-12-10-8-6-4-2/h14,19,25,27,30-31,34-35H,3-13,15-18,20-24,26,28-29H2,1-2H3,(H,33,36)/b19-14+,27-25+. The summed E-state index contributed by atoms with van der Waals surface area (Å²) in [4.78, 5) is 12.2. The number of hydrogen-bond donors (Lipinski definition) is 3. The maximum absolute atomic E-state index is 12.2. The van der Waals surface area contributed by atoms with E-state index in [1.807, 2.05) is 6.08 Å². The Hall–Kier alpha value is -1.13. The van der Waals surface area contributed by atoms with Crippen molar-refractivity contribution in [3.05, 3.63) is 24.3 Å². The molecule has 0 aliphatic carbocycles. The molecule has 4 nitrogen and oxygen atoms in total. The molecular formula is C32H61NO3. The molecule has 0 saturated heterocycles. The second-order valence-corrected chi connectivity index (χ2v) is 10.5. The summed E-state index contributed by atoms with van der Waals surface area (Å²) < 4.78 is 0. The first kappa shape index (κ1) is 34.9. The zero-order chi connectivity index (χ0) is 26.5. The Balaban J connectivity index is 3.68. The van der Waals surface area contributed by atoms with Gasteiger partial charge >= 0.3 is 0 Å². The summed E-state index contributed by atoms with van der Waals surface area (Å²) in [6.45, 7) is 4.24. The molecule has 0 aromatic carbocycles. The zero-order valence-corrected chi connectivity index (χ0v) is 24.0. The first-order valence-electron chi connectivity index (χ1n) is 15.6. The van der Waals surface area contributed by atoms with Crippen LogP contribution in [-0.2, 0) is 4.79 Å². The summed E-state index contributed by atoms with van der Waals surface area (Å²) in [5.41, 5.74) is 0. The predicted octanol–water partition coefficient (Wildman–Crippen LogP) is 8.56. The molecule has 2 unspecified atom stereocenters. The molecule has 0 aliphatic heterocycles.